The van der Waals surface area contributed by atoms with E-state index < -0.39 is 51.5 Å². The molecule has 1 saturated carbocycles. The van der Waals surface area contributed by atoms with Crippen molar-refractivity contribution >= 4 is 28.1 Å². The normalized spacial score (nSPS) is 24.8. The third-order valence-corrected chi connectivity index (χ3v) is 6.60. The number of nitrogens with zero attached hydrogens (tertiary/aromatic N) is 2. The van der Waals surface area contributed by atoms with Crippen LogP contribution in [-0.4, -0.2) is 47.0 Å². The van der Waals surface area contributed by atoms with Crippen molar-refractivity contribution in [1.29, 1.82) is 0 Å². The maximum Gasteiger partial charge on any atom is 0.256 e. The monoisotopic (exact) mass is 457 g/mol. The van der Waals surface area contributed by atoms with E-state index in [4.69, 9.17) is 4.74 Å². The molecule has 1 aromatic heterocycles. The van der Waals surface area contributed by atoms with E-state index in [1.807, 2.05) is 0 Å². The molecule has 1 saturated heterocycles. The van der Waals surface area contributed by atoms with Crippen molar-refractivity contribution in [2.24, 2.45) is 5.41 Å². The molecule has 1 aromatic carbocycles. The number of alkyl halides is 2. The Morgan fingerprint density at radius 1 is 1.32 bits per heavy atom. The molecule has 11 heteroatoms. The van der Waals surface area contributed by atoms with E-state index in [0.29, 0.717) is 5.69 Å². The number of aromatic nitrogens is 1. The number of hydrogen-bond donors (Lipinski definition) is 1. The minimum Gasteiger partial charge on any atom is -0.491 e. The Morgan fingerprint density at radius 3 is 2.65 bits per heavy atom. The van der Waals surface area contributed by atoms with Crippen LogP contribution in [0.5, 0.6) is 5.75 Å². The lowest BCUT2D eigenvalue weighted by atomic mass is 10.0. The van der Waals surface area contributed by atoms with Gasteiger partial charge in [0, 0.05) is 31.1 Å². The van der Waals surface area contributed by atoms with Crippen molar-refractivity contribution in [1.82, 2.24) is 4.98 Å². The number of nitrogens with one attached hydrogen (secondary N) is 1. The molecule has 1 aliphatic carbocycles. The minimum absolute atomic E-state index is 0.0196. The van der Waals surface area contributed by atoms with Crippen molar-refractivity contribution < 1.29 is 31.3 Å². The molecule has 6 nitrogen and oxygen atoms in total. The van der Waals surface area contributed by atoms with Crippen molar-refractivity contribution in [2.45, 2.75) is 29.8 Å². The quantitative estimate of drug-likeness (QED) is 0.698. The van der Waals surface area contributed by atoms with Crippen LogP contribution in [-0.2, 0) is 15.6 Å². The molecule has 1 N–H and O–H groups in total. The third kappa shape index (κ3) is 3.64. The number of methoxy groups -OCH3 is 1. The van der Waals surface area contributed by atoms with Crippen LogP contribution >= 0.6 is 0 Å². The summed E-state index contributed by atoms with van der Waals surface area (Å²) in [6.07, 6.45) is 2.25. The fraction of sp³-hybridized carbons (Fsp3) is 0.400. The lowest BCUT2D eigenvalue weighted by Crippen LogP contribution is -2.40. The predicted octanol–water partition coefficient (Wildman–Crippen LogP) is 3.35. The molecule has 1 spiro atoms. The van der Waals surface area contributed by atoms with Crippen LogP contribution in [0.4, 0.5) is 28.9 Å². The lowest BCUT2D eigenvalue weighted by Gasteiger charge is -2.27. The zero-order valence-corrected chi connectivity index (χ0v) is 17.4. The largest absolute Gasteiger partial charge is 0.491 e. The summed E-state index contributed by atoms with van der Waals surface area (Å²) in [5.41, 5.74) is -1.10. The number of hydrogen-bond acceptors (Lipinski definition) is 5. The first kappa shape index (κ1) is 21.5. The van der Waals surface area contributed by atoms with E-state index in [-0.39, 0.29) is 30.1 Å². The van der Waals surface area contributed by atoms with E-state index in [1.165, 1.54) is 35.6 Å². The molecule has 2 aromatic rings. The summed E-state index contributed by atoms with van der Waals surface area (Å²) in [5.74, 6) is -6.41. The fourth-order valence-corrected chi connectivity index (χ4v) is 4.56. The van der Waals surface area contributed by atoms with E-state index in [9.17, 15) is 26.6 Å². The van der Waals surface area contributed by atoms with E-state index >= 15 is 0 Å². The zero-order chi connectivity index (χ0) is 22.6. The number of anilines is 2. The number of benzene rings is 1. The number of halogens is 4. The van der Waals surface area contributed by atoms with Crippen molar-refractivity contribution in [3.8, 4) is 5.75 Å². The number of rotatable bonds is 5. The first-order valence-corrected chi connectivity index (χ1v) is 10.9. The maximum atomic E-state index is 14.3. The van der Waals surface area contributed by atoms with Gasteiger partial charge in [-0.3, -0.25) is 9.00 Å². The standard InChI is InChI=1S/C20H19F4N3O3S/c1-30-17-13(4-3-12(21)16(17)22)27-10-19(9-20(19,23)24)8-14(27)18(28)26-11-5-6-25-15(7-11)31(2)29/h3-7,14H,8-10H2,1-2H3,(H,25,26,28). The fourth-order valence-electron chi connectivity index (χ4n) is 4.05. The second kappa shape index (κ2) is 7.47. The molecule has 1 aliphatic heterocycles. The second-order valence-corrected chi connectivity index (χ2v) is 9.08. The molecule has 31 heavy (non-hydrogen) atoms. The maximum absolute atomic E-state index is 14.3. The molecule has 3 unspecified atom stereocenters. The first-order chi connectivity index (χ1) is 14.6. The van der Waals surface area contributed by atoms with E-state index in [1.54, 1.807) is 0 Å². The van der Waals surface area contributed by atoms with Gasteiger partial charge < -0.3 is 15.0 Å². The number of carbonyl (C=O) groups excluding carboxylic acids is 1. The van der Waals surface area contributed by atoms with Gasteiger partial charge in [0.15, 0.2) is 11.6 Å². The summed E-state index contributed by atoms with van der Waals surface area (Å²) in [4.78, 5) is 18.3. The lowest BCUT2D eigenvalue weighted by molar-refractivity contribution is -0.117. The SMILES string of the molecule is COc1c(N2CC3(CC2C(=O)Nc2ccnc(S(C)=O)c2)CC3(F)F)ccc(F)c1F. The molecule has 166 valence electrons. The number of ether oxygens (including phenoxy) is 1. The molecule has 1 amide bonds. The van der Waals surface area contributed by atoms with Gasteiger partial charge in [-0.05, 0) is 30.7 Å². The van der Waals surface area contributed by atoms with Crippen LogP contribution in [0.15, 0.2) is 35.5 Å². The Morgan fingerprint density at radius 2 is 2.03 bits per heavy atom. The minimum atomic E-state index is -2.95. The average molecular weight is 457 g/mol. The van der Waals surface area contributed by atoms with Gasteiger partial charge in [0.2, 0.25) is 11.7 Å². The molecule has 4 rings (SSSR count). The molecule has 0 radical (unpaired) electrons. The first-order valence-electron chi connectivity index (χ1n) is 9.35. The van der Waals surface area contributed by atoms with Crippen molar-refractivity contribution in [3.63, 3.8) is 0 Å². The van der Waals surface area contributed by atoms with Crippen LogP contribution in [0, 0.1) is 17.0 Å². The summed E-state index contributed by atoms with van der Waals surface area (Å²) in [6, 6.07) is 3.90. The highest BCUT2D eigenvalue weighted by atomic mass is 32.2. The van der Waals surface area contributed by atoms with Crippen LogP contribution < -0.4 is 15.0 Å². The van der Waals surface area contributed by atoms with Gasteiger partial charge >= 0.3 is 0 Å². The van der Waals surface area contributed by atoms with Crippen LogP contribution in [0.25, 0.3) is 0 Å². The molecule has 0 bridgehead atoms. The van der Waals surface area contributed by atoms with Crippen molar-refractivity contribution in [3.05, 3.63) is 42.1 Å². The Kier molecular flexibility index (Phi) is 5.19. The highest BCUT2D eigenvalue weighted by Crippen LogP contribution is 2.67. The number of amides is 1. The molecular formula is C20H19F4N3O3S. The summed E-state index contributed by atoms with van der Waals surface area (Å²) in [7, 11) is -0.244. The third-order valence-electron chi connectivity index (χ3n) is 5.79. The van der Waals surface area contributed by atoms with E-state index in [2.05, 4.69) is 10.3 Å². The molecular weight excluding hydrogens is 438 g/mol. The number of pyridine rings is 1. The smallest absolute Gasteiger partial charge is 0.256 e. The zero-order valence-electron chi connectivity index (χ0n) is 16.6. The van der Waals surface area contributed by atoms with Gasteiger partial charge in [-0.15, -0.1) is 0 Å². The highest BCUT2D eigenvalue weighted by Gasteiger charge is 2.75. The molecule has 2 aliphatic rings. The van der Waals surface area contributed by atoms with Gasteiger partial charge in [0.05, 0.1) is 29.0 Å². The topological polar surface area (TPSA) is 71.5 Å². The summed E-state index contributed by atoms with van der Waals surface area (Å²) in [6.45, 7) is -0.208. The molecule has 2 heterocycles. The highest BCUT2D eigenvalue weighted by molar-refractivity contribution is 7.84. The van der Waals surface area contributed by atoms with Gasteiger partial charge in [0.25, 0.3) is 5.92 Å². The predicted molar refractivity (Wildman–Crippen MR) is 106 cm³/mol. The Labute approximate surface area is 178 Å². The van der Waals surface area contributed by atoms with E-state index in [0.717, 1.165) is 13.2 Å². The van der Waals surface area contributed by atoms with Gasteiger partial charge in [0.1, 0.15) is 11.1 Å². The Balaban J connectivity index is 1.68. The molecule has 2 fully saturated rings. The van der Waals surface area contributed by atoms with Gasteiger partial charge in [-0.2, -0.15) is 4.39 Å². The summed E-state index contributed by atoms with van der Waals surface area (Å²) >= 11 is 0. The number of carbonyl (C=O) groups is 1. The van der Waals surface area contributed by atoms with Gasteiger partial charge in [-0.25, -0.2) is 18.2 Å². The average Bonchev–Trinajstić information content (AvgIpc) is 3.05. The van der Waals surface area contributed by atoms with Crippen LogP contribution in [0.2, 0.25) is 0 Å². The summed E-state index contributed by atoms with van der Waals surface area (Å²) < 4.78 is 72.8. The second-order valence-electron chi connectivity index (χ2n) is 7.75. The summed E-state index contributed by atoms with van der Waals surface area (Å²) in [5, 5.41) is 2.87. The molecule has 3 atom stereocenters. The van der Waals surface area contributed by atoms with Gasteiger partial charge in [-0.1, -0.05) is 0 Å². The Bertz CT molecular complexity index is 1080. The van der Waals surface area contributed by atoms with Crippen LogP contribution in [0.1, 0.15) is 12.8 Å². The Hall–Kier alpha value is -2.69. The van der Waals surface area contributed by atoms with Crippen LogP contribution in [0.3, 0.4) is 0 Å². The van der Waals surface area contributed by atoms with Crippen molar-refractivity contribution in [2.75, 3.05) is 30.1 Å².